The van der Waals surface area contributed by atoms with E-state index in [4.69, 9.17) is 16.2 Å². The van der Waals surface area contributed by atoms with Crippen molar-refractivity contribution in [3.05, 3.63) is 65.4 Å². The molecule has 0 radical (unpaired) electrons. The molecular weight excluding hydrogens is 365 g/mol. The lowest BCUT2D eigenvalue weighted by atomic mass is 10.1. The lowest BCUT2D eigenvalue weighted by Crippen LogP contribution is -2.29. The number of carbonyl (C=O) groups excluding carboxylic acids is 3. The van der Waals surface area contributed by atoms with Crippen LogP contribution in [0.5, 0.6) is 5.75 Å². The zero-order valence-electron chi connectivity index (χ0n) is 15.0. The molecule has 3 aromatic rings. The van der Waals surface area contributed by atoms with Crippen molar-refractivity contribution in [2.45, 2.75) is 19.8 Å². The predicted molar refractivity (Wildman–Crippen MR) is 100 cm³/mol. The number of ether oxygens (including phenoxy) is 1. The molecule has 0 saturated heterocycles. The molecule has 144 valence electrons. The summed E-state index contributed by atoms with van der Waals surface area (Å²) in [6.07, 6.45) is -2.40. The number of amides is 2. The highest BCUT2D eigenvalue weighted by atomic mass is 19.1. The van der Waals surface area contributed by atoms with Crippen LogP contribution in [0.1, 0.15) is 21.6 Å². The molecule has 0 aliphatic heterocycles. The summed E-state index contributed by atoms with van der Waals surface area (Å²) in [7, 11) is 0. The standard InChI is InChI=1S/C20H18FN3O4/c1-11-15(17(25)19(22)26)16-13(24(11)10-12-6-3-2-4-7-12)8-5-9-14(16)28-18(21)20(23)27/h2-9,18H,10H2,1H3,(H2,22,26)(H2,23,27). The molecule has 1 unspecified atom stereocenters. The summed E-state index contributed by atoms with van der Waals surface area (Å²) in [5, 5.41) is 0.198. The Hall–Kier alpha value is -3.68. The van der Waals surface area contributed by atoms with Gasteiger partial charge in [0, 0.05) is 12.2 Å². The first-order chi connectivity index (χ1) is 13.3. The maximum Gasteiger partial charge on any atom is 0.316 e. The van der Waals surface area contributed by atoms with Gasteiger partial charge in [-0.05, 0) is 24.6 Å². The number of aromatic nitrogens is 1. The number of hydrogen-bond donors (Lipinski definition) is 2. The Kier molecular flexibility index (Phi) is 5.12. The molecule has 3 rings (SSSR count). The van der Waals surface area contributed by atoms with E-state index < -0.39 is 24.0 Å². The van der Waals surface area contributed by atoms with Crippen molar-refractivity contribution in [3.63, 3.8) is 0 Å². The van der Waals surface area contributed by atoms with Crippen LogP contribution in [0.3, 0.4) is 0 Å². The Morgan fingerprint density at radius 2 is 1.75 bits per heavy atom. The van der Waals surface area contributed by atoms with Gasteiger partial charge in [-0.1, -0.05) is 36.4 Å². The first-order valence-electron chi connectivity index (χ1n) is 8.41. The van der Waals surface area contributed by atoms with Gasteiger partial charge in [-0.3, -0.25) is 14.4 Å². The van der Waals surface area contributed by atoms with Crippen LogP contribution in [-0.4, -0.2) is 28.5 Å². The number of nitrogens with zero attached hydrogens (tertiary/aromatic N) is 1. The Bertz CT molecular complexity index is 1080. The van der Waals surface area contributed by atoms with E-state index in [1.165, 1.54) is 6.07 Å². The molecule has 4 N–H and O–H groups in total. The summed E-state index contributed by atoms with van der Waals surface area (Å²) < 4.78 is 20.6. The first kappa shape index (κ1) is 19.1. The third kappa shape index (κ3) is 3.44. The second-order valence-corrected chi connectivity index (χ2v) is 6.21. The van der Waals surface area contributed by atoms with Crippen LogP contribution in [0.25, 0.3) is 10.9 Å². The SMILES string of the molecule is Cc1c(C(=O)C(N)=O)c2c(OC(F)C(N)=O)cccc2n1Cc1ccccc1. The first-order valence-corrected chi connectivity index (χ1v) is 8.41. The molecule has 0 bridgehead atoms. The Labute approximate surface area is 159 Å². The zero-order chi connectivity index (χ0) is 20.4. The van der Waals surface area contributed by atoms with Gasteiger partial charge in [0.15, 0.2) is 0 Å². The van der Waals surface area contributed by atoms with Crippen LogP contribution in [0.15, 0.2) is 48.5 Å². The summed E-state index contributed by atoms with van der Waals surface area (Å²) in [6, 6.07) is 14.1. The lowest BCUT2D eigenvalue weighted by molar-refractivity contribution is -0.131. The van der Waals surface area contributed by atoms with Crippen LogP contribution in [0.2, 0.25) is 0 Å². The second-order valence-electron chi connectivity index (χ2n) is 6.21. The molecule has 8 heteroatoms. The van der Waals surface area contributed by atoms with Gasteiger partial charge in [-0.25, -0.2) is 0 Å². The number of hydrogen-bond acceptors (Lipinski definition) is 4. The van der Waals surface area contributed by atoms with E-state index in [0.717, 1.165) is 5.56 Å². The predicted octanol–water partition coefficient (Wildman–Crippen LogP) is 1.83. The Morgan fingerprint density at radius 1 is 1.07 bits per heavy atom. The highest BCUT2D eigenvalue weighted by Crippen LogP contribution is 2.35. The Morgan fingerprint density at radius 3 is 2.36 bits per heavy atom. The Balaban J connectivity index is 2.25. The number of alkyl halides is 1. The van der Waals surface area contributed by atoms with Crippen molar-refractivity contribution >= 4 is 28.5 Å². The average molecular weight is 383 g/mol. The van der Waals surface area contributed by atoms with Crippen molar-refractivity contribution in [2.75, 3.05) is 0 Å². The van der Waals surface area contributed by atoms with Crippen molar-refractivity contribution in [2.24, 2.45) is 11.5 Å². The van der Waals surface area contributed by atoms with Crippen LogP contribution < -0.4 is 16.2 Å². The second kappa shape index (κ2) is 7.51. The summed E-state index contributed by atoms with van der Waals surface area (Å²) in [4.78, 5) is 35.1. The molecule has 0 aliphatic carbocycles. The largest absolute Gasteiger partial charge is 0.451 e. The van der Waals surface area contributed by atoms with Crippen LogP contribution in [0.4, 0.5) is 4.39 Å². The highest BCUT2D eigenvalue weighted by Gasteiger charge is 2.27. The van der Waals surface area contributed by atoms with E-state index in [1.807, 2.05) is 30.3 Å². The number of benzene rings is 2. The number of rotatable bonds is 7. The molecule has 0 saturated carbocycles. The summed E-state index contributed by atoms with van der Waals surface area (Å²) >= 11 is 0. The van der Waals surface area contributed by atoms with E-state index in [2.05, 4.69) is 0 Å². The molecule has 7 nitrogen and oxygen atoms in total. The third-order valence-corrected chi connectivity index (χ3v) is 4.40. The fraction of sp³-hybridized carbons (Fsp3) is 0.150. The zero-order valence-corrected chi connectivity index (χ0v) is 15.0. The van der Waals surface area contributed by atoms with E-state index in [1.54, 1.807) is 23.6 Å². The number of primary amides is 2. The van der Waals surface area contributed by atoms with Crippen molar-refractivity contribution in [1.82, 2.24) is 4.57 Å². The van der Waals surface area contributed by atoms with E-state index in [-0.39, 0.29) is 16.7 Å². The molecule has 1 atom stereocenters. The minimum absolute atomic E-state index is 0.00528. The molecule has 28 heavy (non-hydrogen) atoms. The molecule has 2 amide bonds. The van der Waals surface area contributed by atoms with Gasteiger partial charge in [-0.2, -0.15) is 4.39 Å². The fourth-order valence-corrected chi connectivity index (χ4v) is 3.13. The summed E-state index contributed by atoms with van der Waals surface area (Å²) in [5.74, 6) is -3.47. The van der Waals surface area contributed by atoms with Crippen LogP contribution in [0, 0.1) is 6.92 Å². The van der Waals surface area contributed by atoms with E-state index in [9.17, 15) is 18.8 Å². The maximum absolute atomic E-state index is 13.8. The molecule has 2 aromatic carbocycles. The van der Waals surface area contributed by atoms with Crippen LogP contribution >= 0.6 is 0 Å². The van der Waals surface area contributed by atoms with E-state index in [0.29, 0.717) is 17.8 Å². The molecule has 0 fully saturated rings. The van der Waals surface area contributed by atoms with Crippen molar-refractivity contribution in [3.8, 4) is 5.75 Å². The maximum atomic E-state index is 13.8. The molecule has 0 aliphatic rings. The van der Waals surface area contributed by atoms with E-state index >= 15 is 0 Å². The normalized spacial score (nSPS) is 11.9. The number of halogens is 1. The number of carbonyl (C=O) groups is 3. The van der Waals surface area contributed by atoms with Gasteiger partial charge in [0.05, 0.1) is 16.5 Å². The topological polar surface area (TPSA) is 117 Å². The van der Waals surface area contributed by atoms with Gasteiger partial charge in [0.2, 0.25) is 0 Å². The van der Waals surface area contributed by atoms with Crippen molar-refractivity contribution < 1.29 is 23.5 Å². The summed E-state index contributed by atoms with van der Waals surface area (Å²) in [5.41, 5.74) is 12.1. The number of nitrogens with two attached hydrogens (primary N) is 2. The monoisotopic (exact) mass is 383 g/mol. The lowest BCUT2D eigenvalue weighted by Gasteiger charge is -2.11. The average Bonchev–Trinajstić information content (AvgIpc) is 2.94. The fourth-order valence-electron chi connectivity index (χ4n) is 3.13. The number of fused-ring (bicyclic) bond motifs is 1. The van der Waals surface area contributed by atoms with Gasteiger partial charge in [0.25, 0.3) is 17.6 Å². The molecule has 1 aromatic heterocycles. The van der Waals surface area contributed by atoms with Crippen LogP contribution in [-0.2, 0) is 16.1 Å². The van der Waals surface area contributed by atoms with Gasteiger partial charge in [-0.15, -0.1) is 0 Å². The van der Waals surface area contributed by atoms with Gasteiger partial charge >= 0.3 is 6.36 Å². The molecule has 0 spiro atoms. The van der Waals surface area contributed by atoms with Gasteiger partial charge in [0.1, 0.15) is 5.75 Å². The number of ketones is 1. The smallest absolute Gasteiger partial charge is 0.316 e. The quantitative estimate of drug-likeness (QED) is 0.478. The van der Waals surface area contributed by atoms with Gasteiger partial charge < -0.3 is 20.8 Å². The minimum atomic E-state index is -2.40. The summed E-state index contributed by atoms with van der Waals surface area (Å²) in [6.45, 7) is 2.05. The van der Waals surface area contributed by atoms with Crippen molar-refractivity contribution in [1.29, 1.82) is 0 Å². The molecule has 1 heterocycles. The third-order valence-electron chi connectivity index (χ3n) is 4.40. The highest BCUT2D eigenvalue weighted by molar-refractivity contribution is 6.45. The minimum Gasteiger partial charge on any atom is -0.451 e. The molecular formula is C20H18FN3O4. The number of Topliss-reactive ketones (excluding diaryl/α,β-unsaturated/α-hetero) is 1.